The first-order chi connectivity index (χ1) is 9.76. The van der Waals surface area contributed by atoms with Crippen LogP contribution >= 0.6 is 0 Å². The van der Waals surface area contributed by atoms with Gasteiger partial charge in [0, 0.05) is 24.3 Å². The van der Waals surface area contributed by atoms with Crippen LogP contribution in [-0.2, 0) is 6.54 Å². The summed E-state index contributed by atoms with van der Waals surface area (Å²) in [5.74, 6) is 2.88. The fourth-order valence-electron chi connectivity index (χ4n) is 3.85. The van der Waals surface area contributed by atoms with Gasteiger partial charge in [0.1, 0.15) is 11.6 Å². The summed E-state index contributed by atoms with van der Waals surface area (Å²) in [5, 5.41) is 3.30. The topological polar surface area (TPSA) is 41.1 Å². The van der Waals surface area contributed by atoms with Gasteiger partial charge in [-0.2, -0.15) is 0 Å². The average molecular weight is 274 g/mol. The van der Waals surface area contributed by atoms with Gasteiger partial charge in [0.15, 0.2) is 0 Å². The number of hydrogen-bond acceptors (Lipinski definition) is 4. The summed E-state index contributed by atoms with van der Waals surface area (Å²) in [4.78, 5) is 11.9. The highest BCUT2D eigenvalue weighted by Crippen LogP contribution is 2.36. The van der Waals surface area contributed by atoms with Crippen molar-refractivity contribution in [3.63, 3.8) is 0 Å². The minimum absolute atomic E-state index is 0.787. The zero-order valence-electron chi connectivity index (χ0n) is 12.7. The summed E-state index contributed by atoms with van der Waals surface area (Å²) in [6.45, 7) is 7.21. The molecular formula is C16H26N4. The second-order valence-electron chi connectivity index (χ2n) is 6.21. The molecule has 1 saturated carbocycles. The summed E-state index contributed by atoms with van der Waals surface area (Å²) in [6, 6.07) is 2.82. The van der Waals surface area contributed by atoms with Crippen molar-refractivity contribution in [1.82, 2.24) is 14.9 Å². The lowest BCUT2D eigenvalue weighted by Crippen LogP contribution is -2.34. The van der Waals surface area contributed by atoms with Gasteiger partial charge >= 0.3 is 0 Å². The third kappa shape index (κ3) is 2.95. The molecule has 20 heavy (non-hydrogen) atoms. The number of fused-ring (bicyclic) bond motifs is 1. The molecule has 0 amide bonds. The summed E-state index contributed by atoms with van der Waals surface area (Å²) >= 11 is 0. The van der Waals surface area contributed by atoms with E-state index in [1.807, 2.05) is 6.07 Å². The number of likely N-dealkylation sites (tertiary alicyclic amines) is 1. The maximum Gasteiger partial charge on any atom is 0.144 e. The molecule has 1 N–H and O–H groups in total. The van der Waals surface area contributed by atoms with Crippen molar-refractivity contribution < 1.29 is 0 Å². The van der Waals surface area contributed by atoms with Crippen LogP contribution in [-0.4, -0.2) is 34.0 Å². The Bertz CT molecular complexity index is 460. The molecule has 2 aliphatic rings. The Balaban J connectivity index is 1.71. The Hall–Kier alpha value is -1.16. The number of hydrogen-bond donors (Lipinski definition) is 1. The lowest BCUT2D eigenvalue weighted by molar-refractivity contribution is 0.172. The van der Waals surface area contributed by atoms with Crippen LogP contribution in [0, 0.1) is 12.8 Å². The Morgan fingerprint density at radius 3 is 2.95 bits per heavy atom. The van der Waals surface area contributed by atoms with E-state index in [0.29, 0.717) is 0 Å². The minimum atomic E-state index is 0.787. The molecule has 1 aromatic rings. The van der Waals surface area contributed by atoms with Crippen LogP contribution in [0.3, 0.4) is 0 Å². The van der Waals surface area contributed by atoms with E-state index in [9.17, 15) is 0 Å². The first kappa shape index (κ1) is 13.8. The first-order valence-corrected chi connectivity index (χ1v) is 8.08. The van der Waals surface area contributed by atoms with Crippen LogP contribution in [0.2, 0.25) is 0 Å². The molecule has 110 valence electrons. The van der Waals surface area contributed by atoms with E-state index in [4.69, 9.17) is 0 Å². The van der Waals surface area contributed by atoms with Crippen molar-refractivity contribution in [2.45, 2.75) is 58.5 Å². The molecule has 0 aromatic carbocycles. The summed E-state index contributed by atoms with van der Waals surface area (Å²) in [6.07, 6.45) is 7.00. The van der Waals surface area contributed by atoms with Gasteiger partial charge in [-0.15, -0.1) is 0 Å². The predicted octanol–water partition coefficient (Wildman–Crippen LogP) is 2.98. The SMILES string of the molecule is CCNc1cc(C)nc(CN2CCC3CCCCC32)n1. The highest BCUT2D eigenvalue weighted by Gasteiger charge is 2.35. The van der Waals surface area contributed by atoms with Crippen molar-refractivity contribution in [3.8, 4) is 0 Å². The molecule has 0 radical (unpaired) electrons. The summed E-state index contributed by atoms with van der Waals surface area (Å²) < 4.78 is 0. The second kappa shape index (κ2) is 6.08. The third-order valence-corrected chi connectivity index (χ3v) is 4.73. The normalized spacial score (nSPS) is 26.5. The second-order valence-corrected chi connectivity index (χ2v) is 6.21. The van der Waals surface area contributed by atoms with Gasteiger partial charge < -0.3 is 5.32 Å². The van der Waals surface area contributed by atoms with E-state index < -0.39 is 0 Å². The highest BCUT2D eigenvalue weighted by molar-refractivity contribution is 5.35. The van der Waals surface area contributed by atoms with E-state index in [1.165, 1.54) is 38.6 Å². The summed E-state index contributed by atoms with van der Waals surface area (Å²) in [7, 11) is 0. The molecule has 2 unspecified atom stereocenters. The molecule has 0 spiro atoms. The van der Waals surface area contributed by atoms with Gasteiger partial charge in [0.2, 0.25) is 0 Å². The maximum absolute atomic E-state index is 4.66. The molecule has 2 fully saturated rings. The van der Waals surface area contributed by atoms with Gasteiger partial charge in [-0.05, 0) is 45.6 Å². The zero-order chi connectivity index (χ0) is 13.9. The molecule has 4 heteroatoms. The zero-order valence-corrected chi connectivity index (χ0v) is 12.7. The van der Waals surface area contributed by atoms with Crippen molar-refractivity contribution in [2.75, 3.05) is 18.4 Å². The van der Waals surface area contributed by atoms with Crippen LogP contribution in [0.25, 0.3) is 0 Å². The van der Waals surface area contributed by atoms with Crippen molar-refractivity contribution in [1.29, 1.82) is 0 Å². The van der Waals surface area contributed by atoms with Crippen LogP contribution in [0.4, 0.5) is 5.82 Å². The fraction of sp³-hybridized carbons (Fsp3) is 0.750. The van der Waals surface area contributed by atoms with E-state index in [2.05, 4.69) is 34.0 Å². The third-order valence-electron chi connectivity index (χ3n) is 4.73. The Morgan fingerprint density at radius 1 is 1.25 bits per heavy atom. The number of rotatable bonds is 4. The van der Waals surface area contributed by atoms with Gasteiger partial charge in [-0.1, -0.05) is 12.8 Å². The molecule has 1 aliphatic carbocycles. The van der Waals surface area contributed by atoms with E-state index in [1.54, 1.807) is 0 Å². The van der Waals surface area contributed by atoms with Crippen molar-refractivity contribution >= 4 is 5.82 Å². The lowest BCUT2D eigenvalue weighted by Gasteiger charge is -2.31. The first-order valence-electron chi connectivity index (χ1n) is 8.08. The molecule has 1 saturated heterocycles. The molecule has 2 heterocycles. The van der Waals surface area contributed by atoms with Crippen molar-refractivity contribution in [3.05, 3.63) is 17.6 Å². The van der Waals surface area contributed by atoms with E-state index >= 15 is 0 Å². The number of aromatic nitrogens is 2. The minimum Gasteiger partial charge on any atom is -0.370 e. The monoisotopic (exact) mass is 274 g/mol. The molecule has 1 aromatic heterocycles. The summed E-state index contributed by atoms with van der Waals surface area (Å²) in [5.41, 5.74) is 1.06. The maximum atomic E-state index is 4.66. The van der Waals surface area contributed by atoms with E-state index in [-0.39, 0.29) is 0 Å². The Kier molecular flexibility index (Phi) is 4.20. The quantitative estimate of drug-likeness (QED) is 0.916. The van der Waals surface area contributed by atoms with Gasteiger partial charge in [-0.25, -0.2) is 9.97 Å². The fourth-order valence-corrected chi connectivity index (χ4v) is 3.85. The van der Waals surface area contributed by atoms with Crippen LogP contribution in [0.1, 0.15) is 50.5 Å². The highest BCUT2D eigenvalue weighted by atomic mass is 15.2. The Morgan fingerprint density at radius 2 is 2.10 bits per heavy atom. The average Bonchev–Trinajstić information content (AvgIpc) is 2.82. The molecule has 0 bridgehead atoms. The molecule has 4 nitrogen and oxygen atoms in total. The number of nitrogens with zero attached hydrogens (tertiary/aromatic N) is 3. The van der Waals surface area contributed by atoms with Gasteiger partial charge in [-0.3, -0.25) is 4.90 Å². The smallest absolute Gasteiger partial charge is 0.144 e. The number of anilines is 1. The molecule has 1 aliphatic heterocycles. The van der Waals surface area contributed by atoms with Crippen molar-refractivity contribution in [2.24, 2.45) is 5.92 Å². The van der Waals surface area contributed by atoms with Crippen LogP contribution in [0.5, 0.6) is 0 Å². The lowest BCUT2D eigenvalue weighted by atomic mass is 9.85. The van der Waals surface area contributed by atoms with E-state index in [0.717, 1.165) is 42.4 Å². The predicted molar refractivity (Wildman–Crippen MR) is 81.7 cm³/mol. The van der Waals surface area contributed by atoms with Gasteiger partial charge in [0.25, 0.3) is 0 Å². The van der Waals surface area contributed by atoms with Crippen LogP contribution < -0.4 is 5.32 Å². The molecule has 2 atom stereocenters. The molecular weight excluding hydrogens is 248 g/mol. The standard InChI is InChI=1S/C16H26N4/c1-3-17-15-10-12(2)18-16(19-15)11-20-9-8-13-6-4-5-7-14(13)20/h10,13-14H,3-9,11H2,1-2H3,(H,17,18,19). The number of aryl methyl sites for hydroxylation is 1. The van der Waals surface area contributed by atoms with Crippen LogP contribution in [0.15, 0.2) is 6.07 Å². The largest absolute Gasteiger partial charge is 0.370 e. The molecule has 3 rings (SSSR count). The van der Waals surface area contributed by atoms with Gasteiger partial charge in [0.05, 0.1) is 6.54 Å². The number of nitrogens with one attached hydrogen (secondary N) is 1. The Labute approximate surface area is 122 Å².